The van der Waals surface area contributed by atoms with Crippen molar-refractivity contribution in [3.05, 3.63) is 108 Å². The van der Waals surface area contributed by atoms with Crippen LogP contribution < -0.4 is 15.5 Å². The van der Waals surface area contributed by atoms with Gasteiger partial charge in [0, 0.05) is 48.6 Å². The first-order valence-corrected chi connectivity index (χ1v) is 12.0. The molecule has 1 aliphatic rings. The molecule has 0 radical (unpaired) electrons. The van der Waals surface area contributed by atoms with E-state index in [9.17, 15) is 4.79 Å². The minimum absolute atomic E-state index is 0.285. The zero-order valence-corrected chi connectivity index (χ0v) is 20.0. The van der Waals surface area contributed by atoms with E-state index in [1.54, 1.807) is 6.20 Å². The Hall–Kier alpha value is -4.65. The molecule has 0 fully saturated rings. The van der Waals surface area contributed by atoms with Crippen LogP contribution in [0.2, 0.25) is 0 Å². The quantitative estimate of drug-likeness (QED) is 0.340. The lowest BCUT2D eigenvalue weighted by Gasteiger charge is -2.30. The van der Waals surface area contributed by atoms with Gasteiger partial charge < -0.3 is 19.9 Å². The number of imidazole rings is 1. The van der Waals surface area contributed by atoms with Gasteiger partial charge in [-0.3, -0.25) is 0 Å². The topological polar surface area (TPSA) is 74.6 Å². The van der Waals surface area contributed by atoms with Gasteiger partial charge in [0.2, 0.25) is 0 Å². The number of carbonyl (C=O) groups is 1. The summed E-state index contributed by atoms with van der Waals surface area (Å²) in [6.45, 7) is 3.65. The molecule has 0 atom stereocenters. The largest absolute Gasteiger partial charge is 0.349 e. The number of aromatic nitrogens is 3. The Morgan fingerprint density at radius 2 is 1.78 bits per heavy atom. The fourth-order valence-electron chi connectivity index (χ4n) is 4.70. The summed E-state index contributed by atoms with van der Waals surface area (Å²) in [7, 11) is 0. The molecule has 0 bridgehead atoms. The van der Waals surface area contributed by atoms with E-state index in [4.69, 9.17) is 4.98 Å². The fraction of sp³-hybridized carbons (Fsp3) is 0.138. The number of carbonyl (C=O) groups excluding carboxylic acids is 1. The van der Waals surface area contributed by atoms with Gasteiger partial charge in [-0.1, -0.05) is 54.6 Å². The highest BCUT2D eigenvalue weighted by atomic mass is 16.2. The fourth-order valence-corrected chi connectivity index (χ4v) is 4.70. The molecule has 2 amide bonds. The van der Waals surface area contributed by atoms with Crippen LogP contribution in [0.4, 0.5) is 22.0 Å². The van der Waals surface area contributed by atoms with Crippen LogP contribution in [0.15, 0.2) is 91.4 Å². The molecule has 6 rings (SSSR count). The molecule has 0 saturated heterocycles. The Balaban J connectivity index is 1.29. The molecule has 36 heavy (non-hydrogen) atoms. The van der Waals surface area contributed by atoms with Crippen molar-refractivity contribution in [2.24, 2.45) is 0 Å². The van der Waals surface area contributed by atoms with Crippen LogP contribution in [0.1, 0.15) is 16.7 Å². The van der Waals surface area contributed by atoms with Gasteiger partial charge in [0.25, 0.3) is 0 Å². The molecule has 5 aromatic rings. The standard InChI is InChI=1S/C29H26N6O/c1-20-7-2-5-12-25(20)33-29(36)31-24-11-6-10-22(17-24)26-19-35-16-14-30-27(35)28(32-26)34-15-13-21-8-3-4-9-23(21)18-34/h2-12,14,16-17,19H,13,15,18H2,1H3,(H2,31,33,36). The van der Waals surface area contributed by atoms with E-state index in [1.807, 2.05) is 72.2 Å². The normalized spacial score (nSPS) is 12.9. The summed E-state index contributed by atoms with van der Waals surface area (Å²) >= 11 is 0. The number of hydrogen-bond acceptors (Lipinski definition) is 4. The van der Waals surface area contributed by atoms with Gasteiger partial charge in [0.15, 0.2) is 11.5 Å². The number of para-hydroxylation sites is 1. The maximum absolute atomic E-state index is 12.6. The Labute approximate surface area is 209 Å². The van der Waals surface area contributed by atoms with Gasteiger partial charge in [-0.05, 0) is 48.2 Å². The molecule has 178 valence electrons. The predicted molar refractivity (Wildman–Crippen MR) is 143 cm³/mol. The lowest BCUT2D eigenvalue weighted by molar-refractivity contribution is 0.262. The average molecular weight is 475 g/mol. The average Bonchev–Trinajstić information content (AvgIpc) is 3.38. The molecule has 2 N–H and O–H groups in total. The minimum Gasteiger partial charge on any atom is -0.349 e. The lowest BCUT2D eigenvalue weighted by Crippen LogP contribution is -2.31. The molecule has 3 aromatic carbocycles. The number of hydrogen-bond donors (Lipinski definition) is 2. The summed E-state index contributed by atoms with van der Waals surface area (Å²) in [4.78, 5) is 24.6. The third-order valence-corrected chi connectivity index (χ3v) is 6.60. The maximum atomic E-state index is 12.6. The van der Waals surface area contributed by atoms with Crippen LogP contribution in [0.3, 0.4) is 0 Å². The number of nitrogens with zero attached hydrogens (tertiary/aromatic N) is 4. The molecule has 0 unspecified atom stereocenters. The number of urea groups is 1. The number of aryl methyl sites for hydroxylation is 1. The predicted octanol–water partition coefficient (Wildman–Crippen LogP) is 5.91. The molecule has 7 nitrogen and oxygen atoms in total. The third-order valence-electron chi connectivity index (χ3n) is 6.60. The smallest absolute Gasteiger partial charge is 0.323 e. The molecule has 0 saturated carbocycles. The Morgan fingerprint density at radius 1 is 0.944 bits per heavy atom. The first-order valence-electron chi connectivity index (χ1n) is 12.0. The van der Waals surface area contributed by atoms with Crippen molar-refractivity contribution in [1.82, 2.24) is 14.4 Å². The number of fused-ring (bicyclic) bond motifs is 2. The van der Waals surface area contributed by atoms with Crippen molar-refractivity contribution in [3.63, 3.8) is 0 Å². The van der Waals surface area contributed by atoms with Gasteiger partial charge >= 0.3 is 6.03 Å². The van der Waals surface area contributed by atoms with Crippen molar-refractivity contribution in [2.75, 3.05) is 22.1 Å². The van der Waals surface area contributed by atoms with Crippen molar-refractivity contribution in [1.29, 1.82) is 0 Å². The summed E-state index contributed by atoms with van der Waals surface area (Å²) in [5, 5.41) is 5.86. The molecule has 3 heterocycles. The summed E-state index contributed by atoms with van der Waals surface area (Å²) in [6.07, 6.45) is 6.70. The van der Waals surface area contributed by atoms with E-state index in [2.05, 4.69) is 44.8 Å². The second-order valence-electron chi connectivity index (χ2n) is 9.02. The van der Waals surface area contributed by atoms with Crippen LogP contribution in [0.25, 0.3) is 16.9 Å². The van der Waals surface area contributed by atoms with Crippen molar-refractivity contribution < 1.29 is 4.79 Å². The van der Waals surface area contributed by atoms with E-state index >= 15 is 0 Å². The molecule has 0 spiro atoms. The molecule has 1 aliphatic heterocycles. The van der Waals surface area contributed by atoms with E-state index < -0.39 is 0 Å². The zero-order chi connectivity index (χ0) is 24.5. The van der Waals surface area contributed by atoms with Crippen molar-refractivity contribution >= 4 is 28.9 Å². The van der Waals surface area contributed by atoms with Crippen molar-refractivity contribution in [3.8, 4) is 11.3 Å². The van der Waals surface area contributed by atoms with Crippen LogP contribution in [0, 0.1) is 6.92 Å². The number of nitrogens with one attached hydrogen (secondary N) is 2. The second kappa shape index (κ2) is 9.19. The number of anilines is 3. The summed E-state index contributed by atoms with van der Waals surface area (Å²) in [6, 6.07) is 23.7. The lowest BCUT2D eigenvalue weighted by atomic mass is 10.00. The van der Waals surface area contributed by atoms with E-state index in [1.165, 1.54) is 11.1 Å². The van der Waals surface area contributed by atoms with Crippen molar-refractivity contribution in [2.45, 2.75) is 19.9 Å². The maximum Gasteiger partial charge on any atom is 0.323 e. The van der Waals surface area contributed by atoms with E-state index in [0.717, 1.165) is 53.5 Å². The Kier molecular flexibility index (Phi) is 5.58. The molecular formula is C29H26N6O. The van der Waals surface area contributed by atoms with Gasteiger partial charge in [0.1, 0.15) is 0 Å². The van der Waals surface area contributed by atoms with Gasteiger partial charge in [-0.25, -0.2) is 14.8 Å². The highest BCUT2D eigenvalue weighted by Crippen LogP contribution is 2.29. The van der Waals surface area contributed by atoms with Gasteiger partial charge in [0.05, 0.1) is 5.69 Å². The molecular weight excluding hydrogens is 448 g/mol. The SMILES string of the molecule is Cc1ccccc1NC(=O)Nc1cccc(-c2cn3ccnc3c(N3CCc4ccccc4C3)n2)c1. The van der Waals surface area contributed by atoms with Crippen LogP contribution in [-0.4, -0.2) is 26.9 Å². The zero-order valence-electron chi connectivity index (χ0n) is 20.0. The number of benzene rings is 3. The summed E-state index contributed by atoms with van der Waals surface area (Å²) < 4.78 is 2.02. The first-order chi connectivity index (χ1) is 17.6. The Bertz CT molecular complexity index is 1570. The molecule has 2 aromatic heterocycles. The van der Waals surface area contributed by atoms with Crippen LogP contribution in [0.5, 0.6) is 0 Å². The Morgan fingerprint density at radius 3 is 2.67 bits per heavy atom. The van der Waals surface area contributed by atoms with Crippen LogP contribution in [-0.2, 0) is 13.0 Å². The summed E-state index contributed by atoms with van der Waals surface area (Å²) in [5.41, 5.74) is 7.77. The summed E-state index contributed by atoms with van der Waals surface area (Å²) in [5.74, 6) is 0.864. The van der Waals surface area contributed by atoms with Gasteiger partial charge in [-0.15, -0.1) is 0 Å². The number of amides is 2. The minimum atomic E-state index is -0.285. The first kappa shape index (κ1) is 21.9. The third kappa shape index (κ3) is 4.27. The van der Waals surface area contributed by atoms with Gasteiger partial charge in [-0.2, -0.15) is 0 Å². The van der Waals surface area contributed by atoms with E-state index in [-0.39, 0.29) is 6.03 Å². The molecule has 7 heteroatoms. The monoisotopic (exact) mass is 474 g/mol. The number of rotatable bonds is 4. The highest BCUT2D eigenvalue weighted by molar-refractivity contribution is 6.00. The van der Waals surface area contributed by atoms with E-state index in [0.29, 0.717) is 5.69 Å². The van der Waals surface area contributed by atoms with Crippen LogP contribution >= 0.6 is 0 Å². The molecule has 0 aliphatic carbocycles. The second-order valence-corrected chi connectivity index (χ2v) is 9.02. The highest BCUT2D eigenvalue weighted by Gasteiger charge is 2.21.